The summed E-state index contributed by atoms with van der Waals surface area (Å²) in [5.74, 6) is -0.342. The van der Waals surface area contributed by atoms with Crippen LogP contribution in [0.5, 0.6) is 5.75 Å². The number of ether oxygens (including phenoxy) is 1. The lowest BCUT2D eigenvalue weighted by Gasteiger charge is -2.43. The van der Waals surface area contributed by atoms with E-state index in [2.05, 4.69) is 11.8 Å². The number of likely N-dealkylation sites (N-methyl/N-ethyl adjacent to an activating group) is 1. The quantitative estimate of drug-likeness (QED) is 0.148. The molecule has 0 radical (unpaired) electrons. The van der Waals surface area contributed by atoms with Crippen LogP contribution in [0, 0.1) is 0 Å². The molecule has 0 aliphatic heterocycles. The smallest absolute Gasteiger partial charge is 0.417 e. The van der Waals surface area contributed by atoms with Gasteiger partial charge in [-0.3, -0.25) is 9.69 Å². The number of aliphatic carboxylic acids is 1. The molecule has 0 saturated heterocycles. The fourth-order valence-electron chi connectivity index (χ4n) is 5.19. The van der Waals surface area contributed by atoms with E-state index in [1.165, 1.54) is 6.07 Å². The zero-order valence-electron chi connectivity index (χ0n) is 24.4. The highest BCUT2D eigenvalue weighted by molar-refractivity contribution is 6.32. The number of carbonyl (C=O) groups is 1. The van der Waals surface area contributed by atoms with Crippen molar-refractivity contribution in [2.75, 3.05) is 31.6 Å². The first-order valence-electron chi connectivity index (χ1n) is 13.9. The Hall–Kier alpha value is -3.72. The van der Waals surface area contributed by atoms with Crippen LogP contribution in [0.25, 0.3) is 0 Å². The molecule has 0 bridgehead atoms. The molecular formula is C34H35Cl2F3N2O3. The summed E-state index contributed by atoms with van der Waals surface area (Å²) in [6, 6.07) is 30.9. The zero-order valence-corrected chi connectivity index (χ0v) is 26.0. The van der Waals surface area contributed by atoms with Crippen molar-refractivity contribution in [2.24, 2.45) is 0 Å². The van der Waals surface area contributed by atoms with Crippen LogP contribution in [-0.2, 0) is 23.1 Å². The number of carboxylic acid groups (broad SMARTS) is 1. The predicted octanol–water partition coefficient (Wildman–Crippen LogP) is 8.54. The number of anilines is 1. The summed E-state index contributed by atoms with van der Waals surface area (Å²) >= 11 is 6.38. The Balaban J connectivity index is 0.00000529. The van der Waals surface area contributed by atoms with Crippen LogP contribution in [0.4, 0.5) is 18.9 Å². The Morgan fingerprint density at radius 1 is 0.886 bits per heavy atom. The summed E-state index contributed by atoms with van der Waals surface area (Å²) in [6.07, 6.45) is -4.01. The summed E-state index contributed by atoms with van der Waals surface area (Å²) in [5, 5.41) is 8.80. The van der Waals surface area contributed by atoms with Gasteiger partial charge in [0.15, 0.2) is 0 Å². The first-order valence-corrected chi connectivity index (χ1v) is 14.2. The average Bonchev–Trinajstić information content (AvgIpc) is 2.99. The number of hydrogen-bond acceptors (Lipinski definition) is 4. The molecule has 0 spiro atoms. The van der Waals surface area contributed by atoms with Crippen LogP contribution in [0.2, 0.25) is 5.02 Å². The van der Waals surface area contributed by atoms with E-state index in [1.54, 1.807) is 36.2 Å². The van der Waals surface area contributed by atoms with Crippen molar-refractivity contribution >= 4 is 35.7 Å². The standard InChI is InChI=1S/C34H34ClF3N2O3.ClH/c1-33(26-13-5-3-6-14-26,27-15-7-4-8-16-27)40(23-25-12-9-19-30(32(25)35)34(36,37)38)20-11-21-43-29-18-10-17-28(22-29)39(2)24-31(41)42;/h3-10,12-19,22H,11,20-21,23-24H2,1-2H3,(H,41,42);1H. The fourth-order valence-corrected chi connectivity index (χ4v) is 5.49. The van der Waals surface area contributed by atoms with Crippen molar-refractivity contribution in [3.8, 4) is 5.75 Å². The van der Waals surface area contributed by atoms with Gasteiger partial charge in [0.25, 0.3) is 0 Å². The lowest BCUT2D eigenvalue weighted by molar-refractivity contribution is -0.137. The zero-order chi connectivity index (χ0) is 31.0. The van der Waals surface area contributed by atoms with E-state index in [0.29, 0.717) is 36.6 Å². The van der Waals surface area contributed by atoms with E-state index < -0.39 is 23.2 Å². The van der Waals surface area contributed by atoms with Crippen molar-refractivity contribution < 1.29 is 27.8 Å². The topological polar surface area (TPSA) is 53.0 Å². The van der Waals surface area contributed by atoms with Crippen LogP contribution in [0.1, 0.15) is 35.6 Å². The van der Waals surface area contributed by atoms with Crippen molar-refractivity contribution in [1.82, 2.24) is 4.90 Å². The Bertz CT molecular complexity index is 1470. The molecule has 234 valence electrons. The maximum atomic E-state index is 13.7. The van der Waals surface area contributed by atoms with Gasteiger partial charge in [0, 0.05) is 31.9 Å². The van der Waals surface area contributed by atoms with Gasteiger partial charge >= 0.3 is 12.1 Å². The highest BCUT2D eigenvalue weighted by Crippen LogP contribution is 2.40. The second-order valence-electron chi connectivity index (χ2n) is 10.5. The first kappa shape index (κ1) is 34.8. The summed E-state index contributed by atoms with van der Waals surface area (Å²) in [6.45, 7) is 2.90. The molecule has 4 rings (SSSR count). The molecule has 0 unspecified atom stereocenters. The Labute approximate surface area is 267 Å². The van der Waals surface area contributed by atoms with Crippen LogP contribution in [-0.4, -0.2) is 42.7 Å². The summed E-state index contributed by atoms with van der Waals surface area (Å²) in [4.78, 5) is 14.9. The van der Waals surface area contributed by atoms with Crippen LogP contribution >= 0.6 is 24.0 Å². The lowest BCUT2D eigenvalue weighted by Crippen LogP contribution is -2.45. The number of alkyl halides is 3. The molecule has 0 aliphatic rings. The number of hydrogen-bond donors (Lipinski definition) is 1. The molecule has 5 nitrogen and oxygen atoms in total. The van der Waals surface area contributed by atoms with Crippen molar-refractivity contribution in [1.29, 1.82) is 0 Å². The molecule has 44 heavy (non-hydrogen) atoms. The molecule has 0 saturated carbocycles. The predicted molar refractivity (Wildman–Crippen MR) is 171 cm³/mol. The lowest BCUT2D eigenvalue weighted by atomic mass is 9.82. The van der Waals surface area contributed by atoms with Gasteiger partial charge in [-0.15, -0.1) is 12.4 Å². The van der Waals surface area contributed by atoms with E-state index in [4.69, 9.17) is 21.4 Å². The van der Waals surface area contributed by atoms with Gasteiger partial charge < -0.3 is 14.7 Å². The van der Waals surface area contributed by atoms with E-state index >= 15 is 0 Å². The SMILES string of the molecule is CN(CC(=O)O)c1cccc(OCCCN(Cc2cccc(C(F)(F)F)c2Cl)C(C)(c2ccccc2)c2ccccc2)c1.Cl. The minimum absolute atomic E-state index is 0. The van der Waals surface area contributed by atoms with Gasteiger partial charge in [-0.1, -0.05) is 90.5 Å². The van der Waals surface area contributed by atoms with E-state index in [-0.39, 0.29) is 30.5 Å². The molecule has 1 N–H and O–H groups in total. The molecule has 10 heteroatoms. The van der Waals surface area contributed by atoms with E-state index in [0.717, 1.165) is 17.2 Å². The number of nitrogens with zero attached hydrogens (tertiary/aromatic N) is 2. The van der Waals surface area contributed by atoms with Gasteiger partial charge in [-0.05, 0) is 48.2 Å². The fraction of sp³-hybridized carbons (Fsp3) is 0.265. The van der Waals surface area contributed by atoms with Crippen LogP contribution in [0.15, 0.2) is 103 Å². The second kappa shape index (κ2) is 15.3. The Morgan fingerprint density at radius 2 is 1.48 bits per heavy atom. The van der Waals surface area contributed by atoms with Crippen LogP contribution in [0.3, 0.4) is 0 Å². The molecule has 0 fully saturated rings. The number of halogens is 5. The van der Waals surface area contributed by atoms with Gasteiger partial charge in [0.2, 0.25) is 0 Å². The third kappa shape index (κ3) is 8.46. The average molecular weight is 648 g/mol. The molecular weight excluding hydrogens is 612 g/mol. The molecule has 0 amide bonds. The second-order valence-corrected chi connectivity index (χ2v) is 10.8. The maximum Gasteiger partial charge on any atom is 0.417 e. The van der Waals surface area contributed by atoms with Gasteiger partial charge in [0.05, 0.1) is 22.7 Å². The number of carboxylic acids is 1. The summed E-state index contributed by atoms with van der Waals surface area (Å²) in [7, 11) is 1.69. The maximum absolute atomic E-state index is 13.7. The Morgan fingerprint density at radius 3 is 2.05 bits per heavy atom. The van der Waals surface area contributed by atoms with E-state index in [9.17, 15) is 18.0 Å². The third-order valence-electron chi connectivity index (χ3n) is 7.52. The monoisotopic (exact) mass is 646 g/mol. The molecule has 0 aromatic heterocycles. The molecule has 0 aliphatic carbocycles. The molecule has 4 aromatic carbocycles. The minimum atomic E-state index is -4.57. The highest BCUT2D eigenvalue weighted by atomic mass is 35.5. The van der Waals surface area contributed by atoms with E-state index in [1.807, 2.05) is 66.7 Å². The van der Waals surface area contributed by atoms with Gasteiger partial charge in [0.1, 0.15) is 12.3 Å². The summed E-state index contributed by atoms with van der Waals surface area (Å²) in [5.41, 5.74) is 1.49. The summed E-state index contributed by atoms with van der Waals surface area (Å²) < 4.78 is 47.2. The highest BCUT2D eigenvalue weighted by Gasteiger charge is 2.37. The largest absolute Gasteiger partial charge is 0.493 e. The first-order chi connectivity index (χ1) is 20.5. The molecule has 0 atom stereocenters. The molecule has 0 heterocycles. The Kier molecular flexibility index (Phi) is 12.1. The van der Waals surface area contributed by atoms with Gasteiger partial charge in [-0.2, -0.15) is 13.2 Å². The minimum Gasteiger partial charge on any atom is -0.493 e. The van der Waals surface area contributed by atoms with Crippen molar-refractivity contribution in [3.63, 3.8) is 0 Å². The van der Waals surface area contributed by atoms with Crippen molar-refractivity contribution in [2.45, 2.75) is 31.6 Å². The van der Waals surface area contributed by atoms with Gasteiger partial charge in [-0.25, -0.2) is 0 Å². The normalized spacial score (nSPS) is 11.6. The third-order valence-corrected chi connectivity index (χ3v) is 7.97. The number of benzene rings is 4. The van der Waals surface area contributed by atoms with Crippen molar-refractivity contribution in [3.05, 3.63) is 130 Å². The van der Waals surface area contributed by atoms with Crippen LogP contribution < -0.4 is 9.64 Å². The number of rotatable bonds is 13. The molecule has 4 aromatic rings.